The Kier molecular flexibility index (Phi) is 2.23. The smallest absolute Gasteiger partial charge is 0.264 e. The van der Waals surface area contributed by atoms with Gasteiger partial charge in [-0.25, -0.2) is 4.98 Å². The topological polar surface area (TPSA) is 56.2 Å². The van der Waals surface area contributed by atoms with Gasteiger partial charge in [0, 0.05) is 6.07 Å². The van der Waals surface area contributed by atoms with Crippen LogP contribution in [0.5, 0.6) is 0 Å². The fraction of sp³-hybridized carbons (Fsp3) is 0. The van der Waals surface area contributed by atoms with Gasteiger partial charge in [0.15, 0.2) is 16.8 Å². The third-order valence-corrected chi connectivity index (χ3v) is 3.14. The molecule has 2 heterocycles. The number of fused-ring (bicyclic) bond motifs is 2. The van der Waals surface area contributed by atoms with Gasteiger partial charge in [0.25, 0.3) is 5.89 Å². The monoisotopic (exact) mass is 263 g/mol. The highest BCUT2D eigenvalue weighted by Gasteiger charge is 2.12. The normalized spacial score (nSPS) is 11.2. The predicted molar refractivity (Wildman–Crippen MR) is 75.5 cm³/mol. The van der Waals surface area contributed by atoms with Crippen LogP contribution in [0.2, 0.25) is 0 Å². The van der Waals surface area contributed by atoms with Crippen LogP contribution in [0.1, 0.15) is 0 Å². The molecule has 4 nitrogen and oxygen atoms in total. The number of benzene rings is 2. The summed E-state index contributed by atoms with van der Waals surface area (Å²) in [6.45, 7) is 0. The molecule has 4 aromatic rings. The van der Waals surface area contributed by atoms with Crippen LogP contribution in [0.15, 0.2) is 68.2 Å². The Labute approximate surface area is 113 Å². The van der Waals surface area contributed by atoms with Gasteiger partial charge in [-0.15, -0.1) is 0 Å². The molecule has 96 valence electrons. The van der Waals surface area contributed by atoms with Gasteiger partial charge >= 0.3 is 0 Å². The van der Waals surface area contributed by atoms with E-state index in [9.17, 15) is 4.79 Å². The van der Waals surface area contributed by atoms with Crippen LogP contribution in [-0.4, -0.2) is 4.98 Å². The molecule has 0 bridgehead atoms. The van der Waals surface area contributed by atoms with E-state index in [0.717, 1.165) is 5.52 Å². The molecule has 0 radical (unpaired) electrons. The van der Waals surface area contributed by atoms with Gasteiger partial charge in [-0.1, -0.05) is 24.3 Å². The number of aromatic nitrogens is 1. The van der Waals surface area contributed by atoms with E-state index >= 15 is 0 Å². The second-order valence-corrected chi connectivity index (χ2v) is 4.46. The number of oxazole rings is 1. The molecule has 0 saturated heterocycles. The minimum absolute atomic E-state index is 0.107. The zero-order valence-electron chi connectivity index (χ0n) is 10.4. The zero-order chi connectivity index (χ0) is 13.5. The maximum Gasteiger partial charge on any atom is 0.264 e. The second kappa shape index (κ2) is 4.06. The van der Waals surface area contributed by atoms with Crippen LogP contribution in [-0.2, 0) is 0 Å². The molecule has 0 saturated carbocycles. The average molecular weight is 263 g/mol. The highest BCUT2D eigenvalue weighted by molar-refractivity contribution is 5.79. The van der Waals surface area contributed by atoms with Crippen molar-refractivity contribution < 1.29 is 8.83 Å². The zero-order valence-corrected chi connectivity index (χ0v) is 10.4. The van der Waals surface area contributed by atoms with Gasteiger partial charge in [0.1, 0.15) is 11.1 Å². The van der Waals surface area contributed by atoms with E-state index in [1.165, 1.54) is 6.07 Å². The third kappa shape index (κ3) is 1.62. The van der Waals surface area contributed by atoms with E-state index < -0.39 is 0 Å². The summed E-state index contributed by atoms with van der Waals surface area (Å²) >= 11 is 0. The summed E-state index contributed by atoms with van der Waals surface area (Å²) in [7, 11) is 0. The summed E-state index contributed by atoms with van der Waals surface area (Å²) in [6, 6.07) is 15.9. The summed E-state index contributed by atoms with van der Waals surface area (Å²) in [5.74, 6) is 0.652. The van der Waals surface area contributed by atoms with Gasteiger partial charge in [-0.2, -0.15) is 0 Å². The minimum atomic E-state index is -0.107. The van der Waals surface area contributed by atoms with Crippen molar-refractivity contribution in [3.8, 4) is 11.7 Å². The molecule has 20 heavy (non-hydrogen) atoms. The Morgan fingerprint density at radius 3 is 2.45 bits per heavy atom. The number of hydrogen-bond acceptors (Lipinski definition) is 4. The van der Waals surface area contributed by atoms with E-state index in [1.807, 2.05) is 30.3 Å². The lowest BCUT2D eigenvalue weighted by atomic mass is 10.2. The SMILES string of the molecule is O=c1cc(-c2nc3ccccc3o2)oc2ccccc12. The summed E-state index contributed by atoms with van der Waals surface area (Å²) in [5, 5.41) is 0.548. The lowest BCUT2D eigenvalue weighted by molar-refractivity contribution is 0.552. The second-order valence-electron chi connectivity index (χ2n) is 4.46. The van der Waals surface area contributed by atoms with Gasteiger partial charge in [0.2, 0.25) is 0 Å². The van der Waals surface area contributed by atoms with E-state index in [0.29, 0.717) is 28.2 Å². The Balaban J connectivity index is 1.99. The maximum atomic E-state index is 12.1. The van der Waals surface area contributed by atoms with Crippen LogP contribution >= 0.6 is 0 Å². The number of hydrogen-bond donors (Lipinski definition) is 0. The van der Waals surface area contributed by atoms with E-state index in [4.69, 9.17) is 8.83 Å². The van der Waals surface area contributed by atoms with E-state index in [1.54, 1.807) is 18.2 Å². The van der Waals surface area contributed by atoms with Crippen LogP contribution in [0.3, 0.4) is 0 Å². The largest absolute Gasteiger partial charge is 0.451 e. The van der Waals surface area contributed by atoms with E-state index in [-0.39, 0.29) is 5.43 Å². The number of nitrogens with zero attached hydrogens (tertiary/aromatic N) is 1. The molecular formula is C16H9NO3. The fourth-order valence-electron chi connectivity index (χ4n) is 2.19. The van der Waals surface area contributed by atoms with Crippen molar-refractivity contribution in [1.29, 1.82) is 0 Å². The van der Waals surface area contributed by atoms with Crippen LogP contribution < -0.4 is 5.43 Å². The molecule has 4 heteroatoms. The first kappa shape index (κ1) is 11.0. The maximum absolute atomic E-state index is 12.1. The average Bonchev–Trinajstić information content (AvgIpc) is 2.91. The van der Waals surface area contributed by atoms with Crippen molar-refractivity contribution in [2.75, 3.05) is 0 Å². The Morgan fingerprint density at radius 1 is 0.850 bits per heavy atom. The van der Waals surface area contributed by atoms with Crippen molar-refractivity contribution in [2.45, 2.75) is 0 Å². The van der Waals surface area contributed by atoms with Crippen molar-refractivity contribution in [1.82, 2.24) is 4.98 Å². The highest BCUT2D eigenvalue weighted by Crippen LogP contribution is 2.25. The standard InChI is InChI=1S/C16H9NO3/c18-12-9-15(19-13-7-3-1-5-10(12)13)16-17-11-6-2-4-8-14(11)20-16/h1-9H. The quantitative estimate of drug-likeness (QED) is 0.526. The molecule has 0 aliphatic rings. The van der Waals surface area contributed by atoms with Crippen molar-refractivity contribution in [3.63, 3.8) is 0 Å². The first-order valence-electron chi connectivity index (χ1n) is 6.20. The van der Waals surface area contributed by atoms with Crippen molar-refractivity contribution >= 4 is 22.1 Å². The summed E-state index contributed by atoms with van der Waals surface area (Å²) in [4.78, 5) is 16.4. The minimum Gasteiger partial charge on any atom is -0.451 e. The first-order valence-corrected chi connectivity index (χ1v) is 6.20. The van der Waals surface area contributed by atoms with Gasteiger partial charge in [-0.3, -0.25) is 4.79 Å². The predicted octanol–water partition coefficient (Wildman–Crippen LogP) is 3.60. The summed E-state index contributed by atoms with van der Waals surface area (Å²) in [5.41, 5.74) is 1.82. The number of para-hydroxylation sites is 3. The van der Waals surface area contributed by atoms with Crippen LogP contribution in [0.25, 0.3) is 33.7 Å². The molecule has 2 aromatic heterocycles. The molecule has 0 spiro atoms. The first-order chi connectivity index (χ1) is 9.81. The Bertz CT molecular complexity index is 949. The molecular weight excluding hydrogens is 254 g/mol. The summed E-state index contributed by atoms with van der Waals surface area (Å²) < 4.78 is 11.3. The van der Waals surface area contributed by atoms with Gasteiger partial charge in [0.05, 0.1) is 5.39 Å². The van der Waals surface area contributed by atoms with Gasteiger partial charge in [-0.05, 0) is 24.3 Å². The molecule has 0 unspecified atom stereocenters. The molecule has 0 aliphatic heterocycles. The fourth-order valence-corrected chi connectivity index (χ4v) is 2.19. The number of rotatable bonds is 1. The molecule has 0 aliphatic carbocycles. The molecule has 0 N–H and O–H groups in total. The Hall–Kier alpha value is -2.88. The molecule has 4 rings (SSSR count). The van der Waals surface area contributed by atoms with Crippen LogP contribution in [0.4, 0.5) is 0 Å². The highest BCUT2D eigenvalue weighted by atomic mass is 16.4. The molecule has 0 atom stereocenters. The summed E-state index contributed by atoms with van der Waals surface area (Å²) in [6.07, 6.45) is 0. The van der Waals surface area contributed by atoms with Crippen LogP contribution in [0, 0.1) is 0 Å². The molecule has 2 aromatic carbocycles. The third-order valence-electron chi connectivity index (χ3n) is 3.14. The lowest BCUT2D eigenvalue weighted by Crippen LogP contribution is -1.99. The van der Waals surface area contributed by atoms with Crippen molar-refractivity contribution in [3.05, 3.63) is 64.8 Å². The lowest BCUT2D eigenvalue weighted by Gasteiger charge is -1.98. The molecule has 0 fully saturated rings. The van der Waals surface area contributed by atoms with E-state index in [2.05, 4.69) is 4.98 Å². The van der Waals surface area contributed by atoms with Crippen molar-refractivity contribution in [2.24, 2.45) is 0 Å². The molecule has 0 amide bonds. The Morgan fingerprint density at radius 2 is 1.60 bits per heavy atom. The van der Waals surface area contributed by atoms with Gasteiger partial charge < -0.3 is 8.83 Å².